The van der Waals surface area contributed by atoms with Crippen LogP contribution in [0.3, 0.4) is 0 Å². The normalized spacial score (nSPS) is 13.7. The highest BCUT2D eigenvalue weighted by atomic mass is 16.6. The first-order valence-electron chi connectivity index (χ1n) is 7.94. The predicted molar refractivity (Wildman–Crippen MR) is 92.5 cm³/mol. The molecule has 1 aromatic heterocycles. The lowest BCUT2D eigenvalue weighted by atomic mass is 9.96. The molecule has 7 heteroatoms. The van der Waals surface area contributed by atoms with Crippen molar-refractivity contribution in [3.63, 3.8) is 0 Å². The van der Waals surface area contributed by atoms with Crippen molar-refractivity contribution in [1.29, 1.82) is 0 Å². The van der Waals surface area contributed by atoms with Crippen molar-refractivity contribution in [2.24, 2.45) is 0 Å². The van der Waals surface area contributed by atoms with Crippen LogP contribution in [0.1, 0.15) is 32.2 Å². The molecule has 2 aromatic rings. The topological polar surface area (TPSA) is 86.4 Å². The second-order valence-corrected chi connectivity index (χ2v) is 6.90. The molecule has 0 bridgehead atoms. The van der Waals surface area contributed by atoms with Gasteiger partial charge in [0.1, 0.15) is 19.0 Å². The van der Waals surface area contributed by atoms with Crippen molar-refractivity contribution < 1.29 is 9.47 Å². The van der Waals surface area contributed by atoms with Crippen molar-refractivity contribution in [3.8, 4) is 11.5 Å². The van der Waals surface area contributed by atoms with Crippen LogP contribution in [0.4, 0.5) is 11.9 Å². The number of anilines is 2. The van der Waals surface area contributed by atoms with Gasteiger partial charge in [0.2, 0.25) is 11.9 Å². The summed E-state index contributed by atoms with van der Waals surface area (Å²) in [6, 6.07) is 5.93. The van der Waals surface area contributed by atoms with Crippen molar-refractivity contribution in [2.75, 3.05) is 30.9 Å². The minimum Gasteiger partial charge on any atom is -0.486 e. The molecule has 1 aliphatic rings. The summed E-state index contributed by atoms with van der Waals surface area (Å²) in [5.74, 6) is 3.03. The Morgan fingerprint density at radius 1 is 1.08 bits per heavy atom. The van der Waals surface area contributed by atoms with Gasteiger partial charge in [0.25, 0.3) is 0 Å². The smallest absolute Gasteiger partial charge is 0.230 e. The molecule has 24 heavy (non-hydrogen) atoms. The minimum absolute atomic E-state index is 0.191. The van der Waals surface area contributed by atoms with Crippen LogP contribution in [-0.2, 0) is 12.0 Å². The summed E-state index contributed by atoms with van der Waals surface area (Å²) in [5, 5.41) is 0. The summed E-state index contributed by atoms with van der Waals surface area (Å²) in [7, 11) is 1.93. The maximum absolute atomic E-state index is 5.85. The number of benzene rings is 1. The Hall–Kier alpha value is -2.57. The third kappa shape index (κ3) is 3.50. The highest BCUT2D eigenvalue weighted by Gasteiger charge is 2.21. The number of fused-ring (bicyclic) bond motifs is 1. The molecule has 1 aromatic carbocycles. The Kier molecular flexibility index (Phi) is 4.17. The fourth-order valence-electron chi connectivity index (χ4n) is 2.42. The van der Waals surface area contributed by atoms with Gasteiger partial charge in [-0.3, -0.25) is 0 Å². The van der Waals surface area contributed by atoms with Crippen LogP contribution in [0.5, 0.6) is 11.5 Å². The molecule has 3 rings (SSSR count). The van der Waals surface area contributed by atoms with Crippen molar-refractivity contribution in [1.82, 2.24) is 15.0 Å². The van der Waals surface area contributed by atoms with E-state index in [4.69, 9.17) is 15.2 Å². The summed E-state index contributed by atoms with van der Waals surface area (Å²) in [6.07, 6.45) is 0. The number of nitrogen functional groups attached to an aromatic ring is 1. The van der Waals surface area contributed by atoms with Gasteiger partial charge in [-0.1, -0.05) is 26.8 Å². The van der Waals surface area contributed by atoms with Gasteiger partial charge in [-0.2, -0.15) is 15.0 Å². The SMILES string of the molecule is CN(Cc1ccc2c(c1)OCCO2)c1nc(N)nc(C(C)(C)C)n1. The van der Waals surface area contributed by atoms with E-state index in [1.807, 2.05) is 50.9 Å². The maximum atomic E-state index is 5.85. The monoisotopic (exact) mass is 329 g/mol. The van der Waals surface area contributed by atoms with Crippen molar-refractivity contribution >= 4 is 11.9 Å². The summed E-state index contributed by atoms with van der Waals surface area (Å²) in [5.41, 5.74) is 6.74. The average molecular weight is 329 g/mol. The molecule has 128 valence electrons. The molecular weight excluding hydrogens is 306 g/mol. The van der Waals surface area contributed by atoms with Crippen LogP contribution >= 0.6 is 0 Å². The molecule has 2 heterocycles. The Labute approximate surface area is 141 Å². The highest BCUT2D eigenvalue weighted by molar-refractivity contribution is 5.45. The van der Waals surface area contributed by atoms with Gasteiger partial charge >= 0.3 is 0 Å². The van der Waals surface area contributed by atoms with Gasteiger partial charge in [0.05, 0.1) is 0 Å². The maximum Gasteiger partial charge on any atom is 0.230 e. The van der Waals surface area contributed by atoms with E-state index < -0.39 is 0 Å². The number of aromatic nitrogens is 3. The van der Waals surface area contributed by atoms with Gasteiger partial charge < -0.3 is 20.1 Å². The average Bonchev–Trinajstić information content (AvgIpc) is 2.53. The third-order valence-corrected chi connectivity index (χ3v) is 3.68. The zero-order chi connectivity index (χ0) is 17.3. The molecular formula is C17H23N5O2. The first-order chi connectivity index (χ1) is 11.3. The second-order valence-electron chi connectivity index (χ2n) is 6.90. The summed E-state index contributed by atoms with van der Waals surface area (Å²) in [6.45, 7) is 7.94. The van der Waals surface area contributed by atoms with E-state index in [1.54, 1.807) is 0 Å². The van der Waals surface area contributed by atoms with Crippen molar-refractivity contribution in [2.45, 2.75) is 32.7 Å². The molecule has 2 N–H and O–H groups in total. The Morgan fingerprint density at radius 2 is 1.79 bits per heavy atom. The number of hydrogen-bond acceptors (Lipinski definition) is 7. The number of rotatable bonds is 3. The highest BCUT2D eigenvalue weighted by Crippen LogP contribution is 2.31. The first kappa shape index (κ1) is 16.3. The molecule has 0 fully saturated rings. The lowest BCUT2D eigenvalue weighted by Gasteiger charge is -2.23. The van der Waals surface area contributed by atoms with Gasteiger partial charge in [-0.15, -0.1) is 0 Å². The first-order valence-corrected chi connectivity index (χ1v) is 7.94. The largest absolute Gasteiger partial charge is 0.486 e. The molecule has 0 radical (unpaired) electrons. The van der Waals surface area contributed by atoms with E-state index >= 15 is 0 Å². The summed E-state index contributed by atoms with van der Waals surface area (Å²) < 4.78 is 11.2. The fraction of sp³-hybridized carbons (Fsp3) is 0.471. The Bertz CT molecular complexity index is 742. The van der Waals surface area contributed by atoms with Crippen LogP contribution in [0, 0.1) is 0 Å². The number of nitrogens with zero attached hydrogens (tertiary/aromatic N) is 4. The van der Waals surface area contributed by atoms with Gasteiger partial charge in [-0.25, -0.2) is 0 Å². The number of ether oxygens (including phenoxy) is 2. The molecule has 0 amide bonds. The molecule has 7 nitrogen and oxygen atoms in total. The number of hydrogen-bond donors (Lipinski definition) is 1. The fourth-order valence-corrected chi connectivity index (χ4v) is 2.42. The quantitative estimate of drug-likeness (QED) is 0.923. The van der Waals surface area contributed by atoms with E-state index in [2.05, 4.69) is 15.0 Å². The molecule has 0 saturated carbocycles. The van der Waals surface area contributed by atoms with E-state index in [-0.39, 0.29) is 11.4 Å². The van der Waals surface area contributed by atoms with Crippen LogP contribution in [-0.4, -0.2) is 35.2 Å². The minimum atomic E-state index is -0.191. The van der Waals surface area contributed by atoms with Crippen molar-refractivity contribution in [3.05, 3.63) is 29.6 Å². The molecule has 0 spiro atoms. The number of nitrogens with two attached hydrogens (primary N) is 1. The lowest BCUT2D eigenvalue weighted by Crippen LogP contribution is -2.24. The Morgan fingerprint density at radius 3 is 2.50 bits per heavy atom. The van der Waals surface area contributed by atoms with E-state index in [0.717, 1.165) is 17.1 Å². The van der Waals surface area contributed by atoms with E-state index in [0.29, 0.717) is 31.5 Å². The molecule has 0 atom stereocenters. The van der Waals surface area contributed by atoms with E-state index in [9.17, 15) is 0 Å². The molecule has 0 unspecified atom stereocenters. The zero-order valence-corrected chi connectivity index (χ0v) is 14.5. The van der Waals surface area contributed by atoms with Crippen LogP contribution in [0.25, 0.3) is 0 Å². The zero-order valence-electron chi connectivity index (χ0n) is 14.5. The Balaban J connectivity index is 1.82. The van der Waals surface area contributed by atoms with E-state index in [1.165, 1.54) is 0 Å². The molecule has 0 saturated heterocycles. The van der Waals surface area contributed by atoms with Gasteiger partial charge in [-0.05, 0) is 17.7 Å². The van der Waals surface area contributed by atoms with Gasteiger partial charge in [0.15, 0.2) is 11.5 Å². The molecule has 1 aliphatic heterocycles. The second kappa shape index (κ2) is 6.14. The van der Waals surface area contributed by atoms with Crippen LogP contribution in [0.15, 0.2) is 18.2 Å². The third-order valence-electron chi connectivity index (χ3n) is 3.68. The van der Waals surface area contributed by atoms with Crippen LogP contribution < -0.4 is 20.1 Å². The summed E-state index contributed by atoms with van der Waals surface area (Å²) in [4.78, 5) is 15.0. The predicted octanol–water partition coefficient (Wildman–Crippen LogP) is 2.16. The standard InChI is InChI=1S/C17H23N5O2/c1-17(2,3)14-19-15(18)21-16(20-14)22(4)10-11-5-6-12-13(9-11)24-8-7-23-12/h5-6,9H,7-8,10H2,1-4H3,(H2,18,19,20,21). The van der Waals surface area contributed by atoms with Gasteiger partial charge in [0, 0.05) is 19.0 Å². The lowest BCUT2D eigenvalue weighted by molar-refractivity contribution is 0.171. The van der Waals surface area contributed by atoms with Crippen LogP contribution in [0.2, 0.25) is 0 Å². The summed E-state index contributed by atoms with van der Waals surface area (Å²) >= 11 is 0. The molecule has 0 aliphatic carbocycles.